The van der Waals surface area contributed by atoms with E-state index in [1.165, 1.54) is 0 Å². The van der Waals surface area contributed by atoms with E-state index in [0.717, 1.165) is 77.0 Å². The summed E-state index contributed by atoms with van der Waals surface area (Å²) >= 11 is 0. The smallest absolute Gasteiger partial charge is 0.462 e. The van der Waals surface area contributed by atoms with Gasteiger partial charge in [0, 0.05) is 19.4 Å². The molecule has 53 heavy (non-hydrogen) atoms. The quantitative estimate of drug-likeness (QED) is 0.0285. The van der Waals surface area contributed by atoms with Crippen LogP contribution in [0.1, 0.15) is 117 Å². The summed E-state index contributed by atoms with van der Waals surface area (Å²) in [6, 6.07) is 0. The minimum atomic E-state index is -4.41. The minimum absolute atomic E-state index is 0.0322. The van der Waals surface area contributed by atoms with E-state index in [-0.39, 0.29) is 32.6 Å². The molecule has 2 atom stereocenters. The van der Waals surface area contributed by atoms with Gasteiger partial charge in [-0.1, -0.05) is 123 Å². The maximum Gasteiger partial charge on any atom is 0.472 e. The van der Waals surface area contributed by atoms with Crippen LogP contribution in [0.3, 0.4) is 0 Å². The zero-order valence-electron chi connectivity index (χ0n) is 32.4. The number of nitrogens with two attached hydrogens (primary N) is 1. The molecule has 3 N–H and O–H groups in total. The summed E-state index contributed by atoms with van der Waals surface area (Å²) in [6.07, 6.45) is 49.9. The van der Waals surface area contributed by atoms with Crippen molar-refractivity contribution in [3.05, 3.63) is 109 Å². The number of allylic oxidation sites excluding steroid dienone is 18. The Hall–Kier alpha value is -3.33. The summed E-state index contributed by atoms with van der Waals surface area (Å²) in [5.74, 6) is -0.961. The molecule has 0 radical (unpaired) electrons. The van der Waals surface area contributed by atoms with Crippen molar-refractivity contribution in [1.82, 2.24) is 0 Å². The van der Waals surface area contributed by atoms with Crippen molar-refractivity contribution in [2.45, 2.75) is 123 Å². The van der Waals surface area contributed by atoms with Gasteiger partial charge in [0.25, 0.3) is 0 Å². The first-order chi connectivity index (χ1) is 25.8. The van der Waals surface area contributed by atoms with Gasteiger partial charge in [-0.2, -0.15) is 0 Å². The van der Waals surface area contributed by atoms with Gasteiger partial charge in [0.05, 0.1) is 13.2 Å². The Morgan fingerprint density at radius 1 is 0.566 bits per heavy atom. The second kappa shape index (κ2) is 38.4. The number of carbonyl (C=O) groups excluding carboxylic acids is 2. The molecule has 0 saturated carbocycles. The molecule has 0 rings (SSSR count). The van der Waals surface area contributed by atoms with Crippen LogP contribution in [0.5, 0.6) is 0 Å². The maximum absolute atomic E-state index is 12.5. The summed E-state index contributed by atoms with van der Waals surface area (Å²) in [5.41, 5.74) is 5.33. The zero-order valence-corrected chi connectivity index (χ0v) is 33.3. The molecule has 0 bridgehead atoms. The lowest BCUT2D eigenvalue weighted by atomic mass is 10.2. The third-order valence-electron chi connectivity index (χ3n) is 7.15. The van der Waals surface area contributed by atoms with E-state index in [9.17, 15) is 19.0 Å². The average molecular weight is 758 g/mol. The number of phosphoric ester groups is 1. The van der Waals surface area contributed by atoms with E-state index in [0.29, 0.717) is 12.8 Å². The summed E-state index contributed by atoms with van der Waals surface area (Å²) in [7, 11) is -4.41. The van der Waals surface area contributed by atoms with Gasteiger partial charge in [-0.15, -0.1) is 0 Å². The summed E-state index contributed by atoms with van der Waals surface area (Å²) in [4.78, 5) is 34.7. The monoisotopic (exact) mass is 757 g/mol. The summed E-state index contributed by atoms with van der Waals surface area (Å²) < 4.78 is 32.6. The highest BCUT2D eigenvalue weighted by Crippen LogP contribution is 2.43. The number of phosphoric acid groups is 1. The van der Waals surface area contributed by atoms with Crippen molar-refractivity contribution in [3.8, 4) is 0 Å². The first-order valence-electron chi connectivity index (χ1n) is 19.4. The molecular weight excluding hydrogens is 689 g/mol. The fourth-order valence-corrected chi connectivity index (χ4v) is 5.13. The first-order valence-corrected chi connectivity index (χ1v) is 20.9. The molecule has 0 spiro atoms. The molecular formula is C43H68NO8P. The van der Waals surface area contributed by atoms with Crippen molar-refractivity contribution in [1.29, 1.82) is 0 Å². The highest BCUT2D eigenvalue weighted by molar-refractivity contribution is 7.47. The molecule has 0 saturated heterocycles. The fourth-order valence-electron chi connectivity index (χ4n) is 4.36. The number of ether oxygens (including phenoxy) is 2. The normalized spacial score (nSPS) is 14.6. The predicted molar refractivity (Wildman–Crippen MR) is 219 cm³/mol. The molecule has 2 unspecified atom stereocenters. The standard InChI is InChI=1S/C43H68NO8P/c1-3-5-7-9-11-13-15-17-19-20-22-23-25-27-29-31-33-35-42(45)49-39-41(40-51-53(47,48)50-38-37-44)52-43(46)36-34-32-30-28-26-24-21-18-16-14-12-10-8-6-4-2/h5-8,11-14,17-19,21-23,26-29,41H,3-4,9-10,15-16,20,24-25,30-40,44H2,1-2H3,(H,47,48). The number of hydrogen-bond acceptors (Lipinski definition) is 8. The lowest BCUT2D eigenvalue weighted by molar-refractivity contribution is -0.161. The zero-order chi connectivity index (χ0) is 38.9. The molecule has 0 aliphatic heterocycles. The predicted octanol–water partition coefficient (Wildman–Crippen LogP) is 10.8. The van der Waals surface area contributed by atoms with Gasteiger partial charge in [-0.05, 0) is 89.9 Å². The minimum Gasteiger partial charge on any atom is -0.462 e. The lowest BCUT2D eigenvalue weighted by Gasteiger charge is -2.19. The number of carbonyl (C=O) groups is 2. The van der Waals surface area contributed by atoms with Crippen molar-refractivity contribution in [3.63, 3.8) is 0 Å². The molecule has 9 nitrogen and oxygen atoms in total. The molecule has 0 aromatic heterocycles. The molecule has 0 aliphatic rings. The molecule has 0 heterocycles. The van der Waals surface area contributed by atoms with Crippen LogP contribution >= 0.6 is 7.82 Å². The fraction of sp³-hybridized carbons (Fsp3) is 0.535. The number of rotatable bonds is 34. The Labute approximate surface area is 320 Å². The van der Waals surface area contributed by atoms with Crippen molar-refractivity contribution < 1.29 is 37.6 Å². The average Bonchev–Trinajstić information content (AvgIpc) is 3.14. The van der Waals surface area contributed by atoms with E-state index in [1.54, 1.807) is 0 Å². The van der Waals surface area contributed by atoms with Crippen molar-refractivity contribution in [2.75, 3.05) is 26.4 Å². The Balaban J connectivity index is 4.42. The molecule has 0 amide bonds. The van der Waals surface area contributed by atoms with Crippen LogP contribution in [0.2, 0.25) is 0 Å². The van der Waals surface area contributed by atoms with Crippen LogP contribution in [0.15, 0.2) is 109 Å². The number of esters is 2. The van der Waals surface area contributed by atoms with Gasteiger partial charge >= 0.3 is 19.8 Å². The van der Waals surface area contributed by atoms with E-state index >= 15 is 0 Å². The second-order valence-electron chi connectivity index (χ2n) is 12.0. The molecule has 298 valence electrons. The van der Waals surface area contributed by atoms with Crippen LogP contribution < -0.4 is 5.73 Å². The SMILES string of the molecule is CCC=CCC=CCC=CCC=CCC=CCCCC(=O)OCC(COP(=O)(O)OCCN)OC(=O)CCCCC=CCC=CCC=CCC=CCC. The van der Waals surface area contributed by atoms with Gasteiger partial charge in [0.15, 0.2) is 6.10 Å². The Morgan fingerprint density at radius 2 is 0.981 bits per heavy atom. The van der Waals surface area contributed by atoms with Crippen LogP contribution in [-0.2, 0) is 32.7 Å². The highest BCUT2D eigenvalue weighted by atomic mass is 31.2. The lowest BCUT2D eigenvalue weighted by Crippen LogP contribution is -2.29. The van der Waals surface area contributed by atoms with Gasteiger partial charge in [0.1, 0.15) is 6.61 Å². The van der Waals surface area contributed by atoms with E-state index < -0.39 is 32.5 Å². The molecule has 10 heteroatoms. The molecule has 0 aromatic rings. The largest absolute Gasteiger partial charge is 0.472 e. The Morgan fingerprint density at radius 3 is 1.43 bits per heavy atom. The van der Waals surface area contributed by atoms with Crippen LogP contribution in [0, 0.1) is 0 Å². The maximum atomic E-state index is 12.5. The molecule has 0 aromatic carbocycles. The van der Waals surface area contributed by atoms with Gasteiger partial charge in [-0.3, -0.25) is 18.6 Å². The van der Waals surface area contributed by atoms with E-state index in [4.69, 9.17) is 24.3 Å². The van der Waals surface area contributed by atoms with E-state index in [1.807, 2.05) is 6.08 Å². The van der Waals surface area contributed by atoms with Crippen LogP contribution in [-0.4, -0.2) is 49.3 Å². The Bertz CT molecular complexity index is 1230. The number of hydrogen-bond donors (Lipinski definition) is 2. The third-order valence-corrected chi connectivity index (χ3v) is 8.14. The topological polar surface area (TPSA) is 134 Å². The number of unbranched alkanes of at least 4 members (excludes halogenated alkanes) is 3. The molecule has 0 fully saturated rings. The van der Waals surface area contributed by atoms with Crippen molar-refractivity contribution in [2.24, 2.45) is 5.73 Å². The van der Waals surface area contributed by atoms with Gasteiger partial charge in [0.2, 0.25) is 0 Å². The summed E-state index contributed by atoms with van der Waals surface area (Å²) in [5, 5.41) is 0. The summed E-state index contributed by atoms with van der Waals surface area (Å²) in [6.45, 7) is 3.34. The van der Waals surface area contributed by atoms with Crippen LogP contribution in [0.4, 0.5) is 0 Å². The third kappa shape index (κ3) is 38.2. The second-order valence-corrected chi connectivity index (χ2v) is 13.5. The van der Waals surface area contributed by atoms with Crippen LogP contribution in [0.25, 0.3) is 0 Å². The van der Waals surface area contributed by atoms with Gasteiger partial charge in [-0.25, -0.2) is 4.57 Å². The van der Waals surface area contributed by atoms with Gasteiger partial charge < -0.3 is 20.1 Å². The van der Waals surface area contributed by atoms with E-state index in [2.05, 4.69) is 117 Å². The first kappa shape index (κ1) is 49.7. The Kier molecular flexibility index (Phi) is 36.0. The highest BCUT2D eigenvalue weighted by Gasteiger charge is 2.25. The van der Waals surface area contributed by atoms with Crippen molar-refractivity contribution >= 4 is 19.8 Å². The molecule has 0 aliphatic carbocycles.